The number of rotatable bonds is 6. The van der Waals surface area contributed by atoms with Crippen LogP contribution in [0.1, 0.15) is 39.9 Å². The number of carbonyl (C=O) groups is 1. The second-order valence-corrected chi connectivity index (χ2v) is 10.1. The van der Waals surface area contributed by atoms with Crippen LogP contribution in [0.4, 0.5) is 0 Å². The molecular formula is C29H34N4O2. The molecule has 3 aromatic rings. The van der Waals surface area contributed by atoms with Gasteiger partial charge in [-0.1, -0.05) is 36.4 Å². The van der Waals surface area contributed by atoms with Crippen LogP contribution in [0.5, 0.6) is 0 Å². The second kappa shape index (κ2) is 9.97. The molecule has 1 N–H and O–H groups in total. The third kappa shape index (κ3) is 4.79. The number of hydrogen-bond donors (Lipinski definition) is 1. The summed E-state index contributed by atoms with van der Waals surface area (Å²) in [7, 11) is 0. The van der Waals surface area contributed by atoms with Crippen LogP contribution in [0.15, 0.2) is 65.3 Å². The number of nitrogens with zero attached hydrogens (tertiary/aromatic N) is 3. The lowest BCUT2D eigenvalue weighted by molar-refractivity contribution is 0.0674. The van der Waals surface area contributed by atoms with E-state index in [1.165, 1.54) is 22.3 Å². The molecule has 35 heavy (non-hydrogen) atoms. The van der Waals surface area contributed by atoms with Gasteiger partial charge in [0.05, 0.1) is 6.26 Å². The summed E-state index contributed by atoms with van der Waals surface area (Å²) in [6.45, 7) is 8.86. The Bertz CT molecular complexity index is 1160. The van der Waals surface area contributed by atoms with E-state index in [4.69, 9.17) is 4.42 Å². The molecule has 0 saturated carbocycles. The first-order valence-electron chi connectivity index (χ1n) is 12.9. The number of fused-ring (bicyclic) bond motifs is 1. The summed E-state index contributed by atoms with van der Waals surface area (Å²) in [6.07, 6.45) is 4.00. The third-order valence-electron chi connectivity index (χ3n) is 7.78. The Hall–Kier alpha value is -2.93. The van der Waals surface area contributed by atoms with Gasteiger partial charge in [0.1, 0.15) is 5.76 Å². The highest BCUT2D eigenvalue weighted by molar-refractivity contribution is 5.98. The van der Waals surface area contributed by atoms with E-state index in [-0.39, 0.29) is 5.91 Å². The molecule has 0 aliphatic carbocycles. The molecule has 1 aromatic heterocycles. The average Bonchev–Trinajstić information content (AvgIpc) is 3.55. The highest BCUT2D eigenvalue weighted by Gasteiger charge is 2.33. The van der Waals surface area contributed by atoms with Crippen LogP contribution in [0.25, 0.3) is 11.3 Å². The van der Waals surface area contributed by atoms with Crippen LogP contribution in [0.2, 0.25) is 0 Å². The zero-order valence-corrected chi connectivity index (χ0v) is 20.3. The van der Waals surface area contributed by atoms with Gasteiger partial charge in [-0.15, -0.1) is 0 Å². The third-order valence-corrected chi connectivity index (χ3v) is 7.78. The van der Waals surface area contributed by atoms with Gasteiger partial charge in [-0.25, -0.2) is 0 Å². The molecule has 182 valence electrons. The molecule has 0 bridgehead atoms. The minimum atomic E-state index is 0.212. The maximum absolute atomic E-state index is 13.0. The Morgan fingerprint density at radius 3 is 2.51 bits per heavy atom. The maximum Gasteiger partial charge on any atom is 0.254 e. The minimum Gasteiger partial charge on any atom is -0.464 e. The Kier molecular flexibility index (Phi) is 6.42. The number of furan rings is 1. The monoisotopic (exact) mass is 470 g/mol. The largest absolute Gasteiger partial charge is 0.464 e. The summed E-state index contributed by atoms with van der Waals surface area (Å²) in [5, 5.41) is 3.44. The Labute approximate surface area is 207 Å². The van der Waals surface area contributed by atoms with Crippen molar-refractivity contribution in [3.63, 3.8) is 0 Å². The summed E-state index contributed by atoms with van der Waals surface area (Å²) in [5.74, 6) is 1.15. The molecule has 1 unspecified atom stereocenters. The van der Waals surface area contributed by atoms with E-state index < -0.39 is 0 Å². The molecule has 6 nitrogen and oxygen atoms in total. The molecule has 3 aliphatic rings. The molecule has 1 atom stereocenters. The smallest absolute Gasteiger partial charge is 0.254 e. The first-order valence-corrected chi connectivity index (χ1v) is 12.9. The van der Waals surface area contributed by atoms with Gasteiger partial charge in [-0.2, -0.15) is 0 Å². The summed E-state index contributed by atoms with van der Waals surface area (Å²) < 4.78 is 5.66. The number of piperazine rings is 1. The zero-order valence-electron chi connectivity index (χ0n) is 20.3. The summed E-state index contributed by atoms with van der Waals surface area (Å²) in [6, 6.07) is 19.4. The zero-order chi connectivity index (χ0) is 23.6. The van der Waals surface area contributed by atoms with E-state index in [1.807, 2.05) is 12.1 Å². The normalized spacial score (nSPS) is 21.4. The number of nitrogens with one attached hydrogen (secondary N) is 1. The van der Waals surface area contributed by atoms with Crippen molar-refractivity contribution in [3.05, 3.63) is 83.1 Å². The SMILES string of the molecule is O=C1c2ccc(CN3CCN(Cc4ccccc4-c4ccco4)CC3)cc2CN1C1CCCNC1. The van der Waals surface area contributed by atoms with Crippen molar-refractivity contribution in [2.75, 3.05) is 39.3 Å². The molecule has 0 spiro atoms. The molecule has 4 heterocycles. The van der Waals surface area contributed by atoms with Crippen molar-refractivity contribution in [3.8, 4) is 11.3 Å². The molecule has 6 heteroatoms. The topological polar surface area (TPSA) is 52.0 Å². The van der Waals surface area contributed by atoms with Crippen molar-refractivity contribution in [1.29, 1.82) is 0 Å². The molecule has 2 aromatic carbocycles. The van der Waals surface area contributed by atoms with Gasteiger partial charge >= 0.3 is 0 Å². The summed E-state index contributed by atoms with van der Waals surface area (Å²) in [4.78, 5) is 20.1. The number of amides is 1. The van der Waals surface area contributed by atoms with Gasteiger partial charge in [0, 0.05) is 69.5 Å². The van der Waals surface area contributed by atoms with Gasteiger partial charge in [-0.05, 0) is 54.3 Å². The minimum absolute atomic E-state index is 0.212. The predicted molar refractivity (Wildman–Crippen MR) is 137 cm³/mol. The lowest BCUT2D eigenvalue weighted by atomic mass is 10.0. The quantitative estimate of drug-likeness (QED) is 0.591. The standard InChI is InChI=1S/C29H34N4O2/c34-29-27-10-9-22(17-24(27)21-33(29)25-6-3-11-30-18-25)19-31-12-14-32(15-13-31)20-23-5-1-2-7-26(23)28-8-4-16-35-28/h1-2,4-5,7-10,16-17,25,30H,3,6,11-15,18-21H2. The van der Waals surface area contributed by atoms with Crippen molar-refractivity contribution >= 4 is 5.91 Å². The van der Waals surface area contributed by atoms with E-state index in [2.05, 4.69) is 62.5 Å². The Balaban J connectivity index is 1.05. The van der Waals surface area contributed by atoms with Gasteiger partial charge in [0.25, 0.3) is 5.91 Å². The maximum atomic E-state index is 13.0. The fraction of sp³-hybridized carbons (Fsp3) is 0.414. The van der Waals surface area contributed by atoms with Crippen LogP contribution < -0.4 is 5.32 Å². The van der Waals surface area contributed by atoms with E-state index in [0.717, 1.165) is 83.1 Å². The van der Waals surface area contributed by atoms with E-state index in [9.17, 15) is 4.79 Å². The summed E-state index contributed by atoms with van der Waals surface area (Å²) >= 11 is 0. The number of hydrogen-bond acceptors (Lipinski definition) is 5. The highest BCUT2D eigenvalue weighted by Crippen LogP contribution is 2.29. The summed E-state index contributed by atoms with van der Waals surface area (Å²) in [5.41, 5.74) is 5.92. The van der Waals surface area contributed by atoms with Crippen molar-refractivity contribution in [2.24, 2.45) is 0 Å². The van der Waals surface area contributed by atoms with Crippen LogP contribution in [-0.2, 0) is 19.6 Å². The Morgan fingerprint density at radius 2 is 1.74 bits per heavy atom. The van der Waals surface area contributed by atoms with Crippen LogP contribution in [0.3, 0.4) is 0 Å². The van der Waals surface area contributed by atoms with Crippen LogP contribution >= 0.6 is 0 Å². The highest BCUT2D eigenvalue weighted by atomic mass is 16.3. The van der Waals surface area contributed by atoms with Gasteiger partial charge in [0.2, 0.25) is 0 Å². The molecule has 2 saturated heterocycles. The van der Waals surface area contributed by atoms with Crippen LogP contribution in [-0.4, -0.2) is 65.9 Å². The van der Waals surface area contributed by atoms with E-state index in [1.54, 1.807) is 6.26 Å². The van der Waals surface area contributed by atoms with Gasteiger partial charge in [0.15, 0.2) is 0 Å². The van der Waals surface area contributed by atoms with Gasteiger partial charge < -0.3 is 14.6 Å². The molecule has 6 rings (SSSR count). The number of piperidine rings is 1. The molecule has 3 aliphatic heterocycles. The Morgan fingerprint density at radius 1 is 0.914 bits per heavy atom. The van der Waals surface area contributed by atoms with E-state index in [0.29, 0.717) is 6.04 Å². The number of carbonyl (C=O) groups excluding carboxylic acids is 1. The fourth-order valence-electron chi connectivity index (χ4n) is 5.82. The van der Waals surface area contributed by atoms with Crippen molar-refractivity contribution < 1.29 is 9.21 Å². The van der Waals surface area contributed by atoms with Crippen molar-refractivity contribution in [1.82, 2.24) is 20.0 Å². The van der Waals surface area contributed by atoms with Crippen molar-refractivity contribution in [2.45, 2.75) is 38.5 Å². The lowest BCUT2D eigenvalue weighted by Gasteiger charge is -2.35. The lowest BCUT2D eigenvalue weighted by Crippen LogP contribution is -2.46. The van der Waals surface area contributed by atoms with Gasteiger partial charge in [-0.3, -0.25) is 14.6 Å². The fourth-order valence-corrected chi connectivity index (χ4v) is 5.82. The molecule has 0 radical (unpaired) electrons. The van der Waals surface area contributed by atoms with E-state index >= 15 is 0 Å². The number of benzene rings is 2. The predicted octanol–water partition coefficient (Wildman–Crippen LogP) is 3.97. The van der Waals surface area contributed by atoms with Crippen LogP contribution in [0, 0.1) is 0 Å². The molecular weight excluding hydrogens is 436 g/mol. The molecule has 2 fully saturated rings. The first kappa shape index (κ1) is 22.5. The first-order chi connectivity index (χ1) is 17.2. The average molecular weight is 471 g/mol. The second-order valence-electron chi connectivity index (χ2n) is 10.1. The molecule has 1 amide bonds.